The molecular formula is C14H22O3. The predicted molar refractivity (Wildman–Crippen MR) is 68.6 cm³/mol. The monoisotopic (exact) mass is 238 g/mol. The van der Waals surface area contributed by atoms with E-state index in [-0.39, 0.29) is 0 Å². The second-order valence-corrected chi connectivity index (χ2v) is 4.59. The van der Waals surface area contributed by atoms with Crippen molar-refractivity contribution in [1.82, 2.24) is 0 Å². The number of aliphatic hydroxyl groups excluding tert-OH is 1. The van der Waals surface area contributed by atoms with Crippen LogP contribution in [-0.4, -0.2) is 19.3 Å². The zero-order valence-electron chi connectivity index (χ0n) is 11.1. The van der Waals surface area contributed by atoms with Crippen LogP contribution in [0.5, 0.6) is 11.5 Å². The molecule has 3 nitrogen and oxygen atoms in total. The maximum absolute atomic E-state index is 10.2. The van der Waals surface area contributed by atoms with Crippen LogP contribution in [0.15, 0.2) is 18.2 Å². The maximum atomic E-state index is 10.2. The highest BCUT2D eigenvalue weighted by Crippen LogP contribution is 2.32. The molecule has 17 heavy (non-hydrogen) atoms. The van der Waals surface area contributed by atoms with E-state index in [0.29, 0.717) is 11.7 Å². The summed E-state index contributed by atoms with van der Waals surface area (Å²) in [6.45, 7) is 4.30. The van der Waals surface area contributed by atoms with Crippen molar-refractivity contribution in [2.75, 3.05) is 14.2 Å². The average Bonchev–Trinajstić information content (AvgIpc) is 2.34. The minimum absolute atomic E-state index is 0.498. The van der Waals surface area contributed by atoms with E-state index in [4.69, 9.17) is 9.47 Å². The maximum Gasteiger partial charge on any atom is 0.124 e. The van der Waals surface area contributed by atoms with Gasteiger partial charge in [-0.2, -0.15) is 0 Å². The first-order chi connectivity index (χ1) is 8.08. The molecule has 0 aliphatic heterocycles. The SMILES string of the molecule is COc1ccc(OC)c(C(O)CCC(C)C)c1. The van der Waals surface area contributed by atoms with Gasteiger partial charge in [0.1, 0.15) is 11.5 Å². The Balaban J connectivity index is 2.85. The van der Waals surface area contributed by atoms with Crippen molar-refractivity contribution in [3.8, 4) is 11.5 Å². The number of hydrogen-bond acceptors (Lipinski definition) is 3. The molecule has 0 saturated carbocycles. The standard InChI is InChI=1S/C14H22O3/c1-10(2)5-7-13(15)12-9-11(16-3)6-8-14(12)17-4/h6,8-10,13,15H,5,7H2,1-4H3. The van der Waals surface area contributed by atoms with Crippen LogP contribution >= 0.6 is 0 Å². The molecule has 0 saturated heterocycles. The number of rotatable bonds is 6. The van der Waals surface area contributed by atoms with E-state index in [1.807, 2.05) is 18.2 Å². The topological polar surface area (TPSA) is 38.7 Å². The van der Waals surface area contributed by atoms with Crippen LogP contribution in [0.25, 0.3) is 0 Å². The van der Waals surface area contributed by atoms with E-state index < -0.39 is 6.10 Å². The van der Waals surface area contributed by atoms with Crippen molar-refractivity contribution < 1.29 is 14.6 Å². The second kappa shape index (κ2) is 6.50. The molecule has 0 heterocycles. The zero-order valence-corrected chi connectivity index (χ0v) is 11.1. The van der Waals surface area contributed by atoms with E-state index in [9.17, 15) is 5.11 Å². The molecule has 1 rings (SSSR count). The molecule has 0 aliphatic rings. The van der Waals surface area contributed by atoms with Crippen LogP contribution in [0, 0.1) is 5.92 Å². The third kappa shape index (κ3) is 3.93. The number of methoxy groups -OCH3 is 2. The molecule has 0 fully saturated rings. The Hall–Kier alpha value is -1.22. The Morgan fingerprint density at radius 2 is 1.82 bits per heavy atom. The summed E-state index contributed by atoms with van der Waals surface area (Å²) in [5.41, 5.74) is 0.799. The molecule has 1 atom stereocenters. The van der Waals surface area contributed by atoms with Gasteiger partial charge >= 0.3 is 0 Å². The normalized spacial score (nSPS) is 12.6. The molecule has 1 aromatic rings. The first kappa shape index (κ1) is 13.8. The summed E-state index contributed by atoms with van der Waals surface area (Å²) in [6.07, 6.45) is 1.23. The first-order valence-electron chi connectivity index (χ1n) is 5.98. The Kier molecular flexibility index (Phi) is 5.29. The zero-order chi connectivity index (χ0) is 12.8. The highest BCUT2D eigenvalue weighted by atomic mass is 16.5. The van der Waals surface area contributed by atoms with Gasteiger partial charge < -0.3 is 14.6 Å². The highest BCUT2D eigenvalue weighted by molar-refractivity contribution is 5.41. The number of aliphatic hydroxyl groups is 1. The molecule has 1 unspecified atom stereocenters. The summed E-state index contributed by atoms with van der Waals surface area (Å²) >= 11 is 0. The third-order valence-corrected chi connectivity index (χ3v) is 2.81. The molecule has 0 aromatic heterocycles. The van der Waals surface area contributed by atoms with Crippen LogP contribution in [0.1, 0.15) is 38.4 Å². The van der Waals surface area contributed by atoms with Gasteiger partial charge in [0.25, 0.3) is 0 Å². The number of hydrogen-bond donors (Lipinski definition) is 1. The van der Waals surface area contributed by atoms with Gasteiger partial charge in [-0.3, -0.25) is 0 Å². The lowest BCUT2D eigenvalue weighted by molar-refractivity contribution is 0.155. The van der Waals surface area contributed by atoms with Gasteiger partial charge in [0.2, 0.25) is 0 Å². The lowest BCUT2D eigenvalue weighted by Gasteiger charge is -2.16. The Morgan fingerprint density at radius 3 is 2.35 bits per heavy atom. The van der Waals surface area contributed by atoms with E-state index in [1.54, 1.807) is 14.2 Å². The largest absolute Gasteiger partial charge is 0.497 e. The minimum Gasteiger partial charge on any atom is -0.497 e. The van der Waals surface area contributed by atoms with Crippen LogP contribution in [0.3, 0.4) is 0 Å². The van der Waals surface area contributed by atoms with E-state index >= 15 is 0 Å². The molecule has 1 aromatic carbocycles. The van der Waals surface area contributed by atoms with Gasteiger partial charge in [0.05, 0.1) is 20.3 Å². The summed E-state index contributed by atoms with van der Waals surface area (Å²) < 4.78 is 10.4. The second-order valence-electron chi connectivity index (χ2n) is 4.59. The lowest BCUT2D eigenvalue weighted by atomic mass is 9.99. The van der Waals surface area contributed by atoms with Crippen molar-refractivity contribution >= 4 is 0 Å². The summed E-state index contributed by atoms with van der Waals surface area (Å²) in [7, 11) is 3.23. The molecule has 0 aliphatic carbocycles. The Labute approximate surface area is 103 Å². The molecule has 0 spiro atoms. The van der Waals surface area contributed by atoms with Gasteiger partial charge in [0.15, 0.2) is 0 Å². The van der Waals surface area contributed by atoms with Crippen molar-refractivity contribution in [2.45, 2.75) is 32.8 Å². The molecule has 96 valence electrons. The fourth-order valence-electron chi connectivity index (χ4n) is 1.75. The van der Waals surface area contributed by atoms with Crippen LogP contribution in [-0.2, 0) is 0 Å². The molecule has 0 radical (unpaired) electrons. The summed E-state index contributed by atoms with van der Waals surface area (Å²) in [5, 5.41) is 10.2. The highest BCUT2D eigenvalue weighted by Gasteiger charge is 2.14. The fourth-order valence-corrected chi connectivity index (χ4v) is 1.75. The first-order valence-corrected chi connectivity index (χ1v) is 5.98. The summed E-state index contributed by atoms with van der Waals surface area (Å²) in [4.78, 5) is 0. The van der Waals surface area contributed by atoms with Crippen molar-refractivity contribution in [1.29, 1.82) is 0 Å². The average molecular weight is 238 g/mol. The van der Waals surface area contributed by atoms with Gasteiger partial charge in [0, 0.05) is 5.56 Å². The molecule has 3 heteroatoms. The van der Waals surface area contributed by atoms with Crippen LogP contribution < -0.4 is 9.47 Å². The Bertz CT molecular complexity index is 347. The van der Waals surface area contributed by atoms with Gasteiger partial charge in [-0.05, 0) is 37.0 Å². The molecule has 0 amide bonds. The van der Waals surface area contributed by atoms with E-state index in [1.165, 1.54) is 0 Å². The lowest BCUT2D eigenvalue weighted by Crippen LogP contribution is -2.03. The predicted octanol–water partition coefficient (Wildman–Crippen LogP) is 3.17. The number of benzene rings is 1. The van der Waals surface area contributed by atoms with Crippen molar-refractivity contribution in [2.24, 2.45) is 5.92 Å². The van der Waals surface area contributed by atoms with Crippen molar-refractivity contribution in [3.05, 3.63) is 23.8 Å². The molecule has 1 N–H and O–H groups in total. The van der Waals surface area contributed by atoms with Gasteiger partial charge in [-0.25, -0.2) is 0 Å². The number of ether oxygens (including phenoxy) is 2. The molecule has 0 bridgehead atoms. The van der Waals surface area contributed by atoms with Crippen LogP contribution in [0.2, 0.25) is 0 Å². The van der Waals surface area contributed by atoms with Crippen LogP contribution in [0.4, 0.5) is 0 Å². The smallest absolute Gasteiger partial charge is 0.124 e. The fraction of sp³-hybridized carbons (Fsp3) is 0.571. The van der Waals surface area contributed by atoms with E-state index in [0.717, 1.165) is 24.2 Å². The summed E-state index contributed by atoms with van der Waals surface area (Å²) in [6, 6.07) is 5.49. The van der Waals surface area contributed by atoms with Crippen molar-refractivity contribution in [3.63, 3.8) is 0 Å². The third-order valence-electron chi connectivity index (χ3n) is 2.81. The van der Waals surface area contributed by atoms with Gasteiger partial charge in [-0.1, -0.05) is 13.8 Å². The van der Waals surface area contributed by atoms with Gasteiger partial charge in [-0.15, -0.1) is 0 Å². The molecular weight excluding hydrogens is 216 g/mol. The Morgan fingerprint density at radius 1 is 1.12 bits per heavy atom. The van der Waals surface area contributed by atoms with E-state index in [2.05, 4.69) is 13.8 Å². The summed E-state index contributed by atoms with van der Waals surface area (Å²) in [5.74, 6) is 2.03. The quantitative estimate of drug-likeness (QED) is 0.827. The minimum atomic E-state index is -0.498.